The van der Waals surface area contributed by atoms with Crippen molar-refractivity contribution in [1.29, 1.82) is 0 Å². The highest BCUT2D eigenvalue weighted by Gasteiger charge is 2.02. The van der Waals surface area contributed by atoms with Gasteiger partial charge in [-0.3, -0.25) is 4.98 Å². The maximum atomic E-state index is 6.24. The summed E-state index contributed by atoms with van der Waals surface area (Å²) < 4.78 is 0. The predicted molar refractivity (Wildman–Crippen MR) is 68.7 cm³/mol. The normalized spacial score (nSPS) is 10.4. The molecule has 0 aliphatic heterocycles. The van der Waals surface area contributed by atoms with E-state index in [0.717, 1.165) is 29.0 Å². The van der Waals surface area contributed by atoms with Crippen molar-refractivity contribution in [3.8, 4) is 11.1 Å². The first-order valence-electron chi connectivity index (χ1n) is 5.50. The molecule has 0 spiro atoms. The molecule has 16 heavy (non-hydrogen) atoms. The van der Waals surface area contributed by atoms with Crippen LogP contribution in [0.25, 0.3) is 11.1 Å². The molecular weight excluding hydrogens is 218 g/mol. The number of rotatable bonds is 3. The summed E-state index contributed by atoms with van der Waals surface area (Å²) in [5.74, 6) is 0. The minimum Gasteiger partial charge on any atom is -0.264 e. The van der Waals surface area contributed by atoms with Gasteiger partial charge in [-0.25, -0.2) is 0 Å². The second kappa shape index (κ2) is 5.13. The van der Waals surface area contributed by atoms with Crippen LogP contribution in [0.5, 0.6) is 0 Å². The maximum Gasteiger partial charge on any atom is 0.0444 e. The summed E-state index contributed by atoms with van der Waals surface area (Å²) in [5.41, 5.74) is 3.45. The van der Waals surface area contributed by atoms with Gasteiger partial charge in [0.05, 0.1) is 0 Å². The highest BCUT2D eigenvalue weighted by Crippen LogP contribution is 2.25. The monoisotopic (exact) mass is 231 g/mol. The standard InChI is InChI=1S/C14H14ClN/c1-2-4-11-6-7-12(9-14(11)15)13-5-3-8-16-10-13/h3,5-10H,2,4H2,1H3. The smallest absolute Gasteiger partial charge is 0.0444 e. The average molecular weight is 232 g/mol. The fourth-order valence-corrected chi connectivity index (χ4v) is 2.01. The lowest BCUT2D eigenvalue weighted by Gasteiger charge is -2.06. The molecule has 0 fully saturated rings. The van der Waals surface area contributed by atoms with Crippen molar-refractivity contribution in [2.75, 3.05) is 0 Å². The number of halogens is 1. The van der Waals surface area contributed by atoms with E-state index >= 15 is 0 Å². The van der Waals surface area contributed by atoms with Crippen molar-refractivity contribution in [1.82, 2.24) is 4.98 Å². The Morgan fingerprint density at radius 1 is 1.19 bits per heavy atom. The van der Waals surface area contributed by atoms with Crippen molar-refractivity contribution in [2.45, 2.75) is 19.8 Å². The van der Waals surface area contributed by atoms with Gasteiger partial charge >= 0.3 is 0 Å². The molecule has 2 heteroatoms. The van der Waals surface area contributed by atoms with E-state index in [0.29, 0.717) is 0 Å². The van der Waals surface area contributed by atoms with Gasteiger partial charge in [0.25, 0.3) is 0 Å². The Morgan fingerprint density at radius 3 is 2.69 bits per heavy atom. The van der Waals surface area contributed by atoms with E-state index in [1.54, 1.807) is 6.20 Å². The van der Waals surface area contributed by atoms with E-state index in [9.17, 15) is 0 Å². The summed E-state index contributed by atoms with van der Waals surface area (Å²) >= 11 is 6.24. The van der Waals surface area contributed by atoms with Crippen LogP contribution in [0, 0.1) is 0 Å². The van der Waals surface area contributed by atoms with Crippen molar-refractivity contribution >= 4 is 11.6 Å². The van der Waals surface area contributed by atoms with Crippen LogP contribution >= 0.6 is 11.6 Å². The van der Waals surface area contributed by atoms with Gasteiger partial charge in [0.2, 0.25) is 0 Å². The van der Waals surface area contributed by atoms with E-state index in [1.807, 2.05) is 24.4 Å². The van der Waals surface area contributed by atoms with Crippen molar-refractivity contribution in [2.24, 2.45) is 0 Å². The molecule has 2 aromatic rings. The molecule has 1 aromatic heterocycles. The van der Waals surface area contributed by atoms with Gasteiger partial charge in [-0.05, 0) is 29.7 Å². The average Bonchev–Trinajstić information content (AvgIpc) is 2.33. The van der Waals surface area contributed by atoms with Crippen LogP contribution in [0.3, 0.4) is 0 Å². The molecule has 0 saturated heterocycles. The van der Waals surface area contributed by atoms with E-state index in [-0.39, 0.29) is 0 Å². The fourth-order valence-electron chi connectivity index (χ4n) is 1.73. The lowest BCUT2D eigenvalue weighted by atomic mass is 10.0. The number of aromatic nitrogens is 1. The molecule has 1 aromatic carbocycles. The number of hydrogen-bond acceptors (Lipinski definition) is 1. The molecular formula is C14H14ClN. The molecule has 0 N–H and O–H groups in total. The van der Waals surface area contributed by atoms with Crippen LogP contribution in [0.2, 0.25) is 5.02 Å². The number of aryl methyl sites for hydroxylation is 1. The maximum absolute atomic E-state index is 6.24. The zero-order valence-corrected chi connectivity index (χ0v) is 10.0. The predicted octanol–water partition coefficient (Wildman–Crippen LogP) is 4.35. The minimum atomic E-state index is 0.850. The first kappa shape index (κ1) is 11.2. The summed E-state index contributed by atoms with van der Waals surface area (Å²) in [6.07, 6.45) is 5.78. The van der Waals surface area contributed by atoms with E-state index < -0.39 is 0 Å². The van der Waals surface area contributed by atoms with Crippen LogP contribution in [-0.2, 0) is 6.42 Å². The fraction of sp³-hybridized carbons (Fsp3) is 0.214. The Bertz CT molecular complexity index is 465. The Hall–Kier alpha value is -1.34. The van der Waals surface area contributed by atoms with Crippen molar-refractivity contribution < 1.29 is 0 Å². The van der Waals surface area contributed by atoms with Crippen LogP contribution in [-0.4, -0.2) is 4.98 Å². The Labute approximate surface area is 101 Å². The van der Waals surface area contributed by atoms with E-state index in [4.69, 9.17) is 11.6 Å². The van der Waals surface area contributed by atoms with Crippen LogP contribution < -0.4 is 0 Å². The van der Waals surface area contributed by atoms with E-state index in [1.165, 1.54) is 5.56 Å². The third-order valence-electron chi connectivity index (χ3n) is 2.57. The quantitative estimate of drug-likeness (QED) is 0.765. The molecule has 82 valence electrons. The number of benzene rings is 1. The largest absolute Gasteiger partial charge is 0.264 e. The topological polar surface area (TPSA) is 12.9 Å². The summed E-state index contributed by atoms with van der Waals surface area (Å²) in [6, 6.07) is 10.2. The van der Waals surface area contributed by atoms with Crippen molar-refractivity contribution in [3.05, 3.63) is 53.3 Å². The molecule has 2 rings (SSSR count). The van der Waals surface area contributed by atoms with E-state index in [2.05, 4.69) is 24.0 Å². The van der Waals surface area contributed by atoms with Crippen LogP contribution in [0.1, 0.15) is 18.9 Å². The van der Waals surface area contributed by atoms with Gasteiger partial charge in [-0.1, -0.05) is 43.1 Å². The second-order valence-electron chi connectivity index (χ2n) is 3.80. The molecule has 1 nitrogen and oxygen atoms in total. The van der Waals surface area contributed by atoms with Gasteiger partial charge in [0.1, 0.15) is 0 Å². The first-order valence-corrected chi connectivity index (χ1v) is 5.88. The summed E-state index contributed by atoms with van der Waals surface area (Å²) in [6.45, 7) is 2.16. The second-order valence-corrected chi connectivity index (χ2v) is 4.21. The third kappa shape index (κ3) is 2.42. The zero-order chi connectivity index (χ0) is 11.4. The molecule has 0 saturated carbocycles. The van der Waals surface area contributed by atoms with Gasteiger partial charge < -0.3 is 0 Å². The van der Waals surface area contributed by atoms with Gasteiger partial charge in [0.15, 0.2) is 0 Å². The zero-order valence-electron chi connectivity index (χ0n) is 9.28. The van der Waals surface area contributed by atoms with Gasteiger partial charge in [-0.15, -0.1) is 0 Å². The SMILES string of the molecule is CCCc1ccc(-c2cccnc2)cc1Cl. The lowest BCUT2D eigenvalue weighted by Crippen LogP contribution is -1.86. The third-order valence-corrected chi connectivity index (χ3v) is 2.92. The summed E-state index contributed by atoms with van der Waals surface area (Å²) in [5, 5.41) is 0.850. The van der Waals surface area contributed by atoms with Gasteiger partial charge in [0, 0.05) is 23.0 Å². The molecule has 0 aliphatic rings. The number of hydrogen-bond donors (Lipinski definition) is 0. The molecule has 0 aliphatic carbocycles. The molecule has 0 unspecified atom stereocenters. The lowest BCUT2D eigenvalue weighted by molar-refractivity contribution is 0.922. The molecule has 1 heterocycles. The van der Waals surface area contributed by atoms with Crippen molar-refractivity contribution in [3.63, 3.8) is 0 Å². The van der Waals surface area contributed by atoms with Crippen LogP contribution in [0.4, 0.5) is 0 Å². The highest BCUT2D eigenvalue weighted by atomic mass is 35.5. The Morgan fingerprint density at radius 2 is 2.06 bits per heavy atom. The molecule has 0 bridgehead atoms. The molecule has 0 radical (unpaired) electrons. The first-order chi connectivity index (χ1) is 7.81. The van der Waals surface area contributed by atoms with Crippen LogP contribution in [0.15, 0.2) is 42.7 Å². The highest BCUT2D eigenvalue weighted by molar-refractivity contribution is 6.31. The number of nitrogens with zero attached hydrogens (tertiary/aromatic N) is 1. The molecule has 0 atom stereocenters. The molecule has 0 amide bonds. The Kier molecular flexibility index (Phi) is 3.58. The summed E-state index contributed by atoms with van der Waals surface area (Å²) in [4.78, 5) is 4.11. The minimum absolute atomic E-state index is 0.850. The van der Waals surface area contributed by atoms with Gasteiger partial charge in [-0.2, -0.15) is 0 Å². The number of pyridine rings is 1. The summed E-state index contributed by atoms with van der Waals surface area (Å²) in [7, 11) is 0. The Balaban J connectivity index is 2.35.